The first-order valence-corrected chi connectivity index (χ1v) is 6.56. The number of carbonyl (C=O) groups excluding carboxylic acids is 3. The second-order valence-electron chi connectivity index (χ2n) is 6.32. The summed E-state index contributed by atoms with van der Waals surface area (Å²) in [6, 6.07) is 0. The normalized spacial score (nSPS) is 12.0. The summed E-state index contributed by atoms with van der Waals surface area (Å²) >= 11 is 0. The van der Waals surface area contributed by atoms with Gasteiger partial charge in [0.1, 0.15) is 0 Å². The highest BCUT2D eigenvalue weighted by Gasteiger charge is 2.28. The molecule has 0 saturated heterocycles. The van der Waals surface area contributed by atoms with Crippen LogP contribution in [0, 0.1) is 0 Å². The van der Waals surface area contributed by atoms with Crippen LogP contribution in [0.3, 0.4) is 0 Å². The minimum Gasteiger partial charge on any atom is -0.284 e. The van der Waals surface area contributed by atoms with Gasteiger partial charge in [-0.05, 0) is 0 Å². The Labute approximate surface area is 125 Å². The molecule has 21 heavy (non-hydrogen) atoms. The number of rotatable bonds is 7. The molecule has 0 aliphatic rings. The van der Waals surface area contributed by atoms with Gasteiger partial charge in [0.15, 0.2) is 13.1 Å². The molecule has 9 heteroatoms. The van der Waals surface area contributed by atoms with Gasteiger partial charge in [0, 0.05) is 21.0 Å². The summed E-state index contributed by atoms with van der Waals surface area (Å²) in [5.74, 6) is -0.691. The van der Waals surface area contributed by atoms with Crippen LogP contribution in [0.15, 0.2) is 0 Å². The van der Waals surface area contributed by atoms with E-state index in [0.717, 1.165) is 0 Å². The molecule has 3 amide bonds. The van der Waals surface area contributed by atoms with Crippen LogP contribution in [-0.2, 0) is 14.4 Å². The summed E-state index contributed by atoms with van der Waals surface area (Å²) in [7, 11) is 10.3. The Balaban J connectivity index is 4.48. The molecule has 0 saturated carbocycles. The van der Waals surface area contributed by atoms with Crippen LogP contribution in [0.5, 0.6) is 0 Å². The zero-order valence-electron chi connectivity index (χ0n) is 14.0. The van der Waals surface area contributed by atoms with Crippen LogP contribution in [0.2, 0.25) is 0 Å². The molecule has 9 nitrogen and oxygen atoms in total. The minimum atomic E-state index is -0.267. The van der Waals surface area contributed by atoms with E-state index in [9.17, 15) is 14.4 Å². The van der Waals surface area contributed by atoms with Gasteiger partial charge in [0.2, 0.25) is 0 Å². The molecule has 0 radical (unpaired) electrons. The molecule has 0 rings (SSSR count). The van der Waals surface area contributed by atoms with Gasteiger partial charge in [-0.2, -0.15) is 5.43 Å². The predicted octanol–water partition coefficient (Wildman–Crippen LogP) is -2.19. The number of hydrogen-bond donors (Lipinski definition) is 3. The Morgan fingerprint density at radius 2 is 1.29 bits per heavy atom. The molecular formula is C12H28N6O3+2. The number of nitrogens with zero attached hydrogens (tertiary/aromatic N) is 3. The third-order valence-electron chi connectivity index (χ3n) is 2.31. The highest BCUT2D eigenvalue weighted by molar-refractivity contribution is 5.78. The van der Waals surface area contributed by atoms with Crippen LogP contribution >= 0.6 is 0 Å². The van der Waals surface area contributed by atoms with Crippen LogP contribution < -0.4 is 16.3 Å². The Kier molecular flexibility index (Phi) is 6.74. The van der Waals surface area contributed by atoms with Gasteiger partial charge in [-0.1, -0.05) is 0 Å². The fourth-order valence-corrected chi connectivity index (χ4v) is 1.88. The molecule has 122 valence electrons. The molecule has 0 spiro atoms. The molecule has 0 aromatic heterocycles. The van der Waals surface area contributed by atoms with Crippen molar-refractivity contribution in [3.05, 3.63) is 0 Å². The Hall–Kier alpha value is -1.71. The summed E-state index contributed by atoms with van der Waals surface area (Å²) in [6.07, 6.45) is 0. The molecular weight excluding hydrogens is 276 g/mol. The van der Waals surface area contributed by atoms with E-state index in [-0.39, 0.29) is 40.0 Å². The molecule has 0 aromatic rings. The Bertz CT molecular complexity index is 406. The third-order valence-corrected chi connectivity index (χ3v) is 2.31. The standard InChI is InChI=1S/C12H26N6O3/c1-10(19)14-17(4,5)9-12(21)15-18(6,7)8-11(20)13-16(2)3/h8-9H2,1-7H3,(H-2,13,14,15,19,20,21)/p+2. The van der Waals surface area contributed by atoms with Crippen LogP contribution in [0.25, 0.3) is 0 Å². The molecule has 0 aromatic carbocycles. The van der Waals surface area contributed by atoms with Crippen molar-refractivity contribution in [3.63, 3.8) is 0 Å². The largest absolute Gasteiger partial charge is 0.322 e. The van der Waals surface area contributed by atoms with Crippen molar-refractivity contribution in [2.45, 2.75) is 6.92 Å². The van der Waals surface area contributed by atoms with Crippen LogP contribution in [0.4, 0.5) is 0 Å². The second-order valence-corrected chi connectivity index (χ2v) is 6.32. The van der Waals surface area contributed by atoms with Gasteiger partial charge in [-0.3, -0.25) is 19.8 Å². The predicted molar refractivity (Wildman–Crippen MR) is 77.7 cm³/mol. The van der Waals surface area contributed by atoms with Crippen molar-refractivity contribution < 1.29 is 23.6 Å². The van der Waals surface area contributed by atoms with E-state index in [4.69, 9.17) is 0 Å². The van der Waals surface area contributed by atoms with Crippen LogP contribution in [-0.4, -0.2) is 87.3 Å². The molecule has 3 N–H and O–H groups in total. The zero-order chi connectivity index (χ0) is 16.8. The molecule has 0 fully saturated rings. The van der Waals surface area contributed by atoms with Crippen molar-refractivity contribution in [2.24, 2.45) is 0 Å². The average Bonchev–Trinajstić information content (AvgIpc) is 2.07. The number of likely N-dealkylation sites (N-methyl/N-ethyl adjacent to an activating group) is 2. The highest BCUT2D eigenvalue weighted by atomic mass is 16.2. The van der Waals surface area contributed by atoms with Crippen molar-refractivity contribution in [2.75, 3.05) is 55.4 Å². The van der Waals surface area contributed by atoms with E-state index < -0.39 is 0 Å². The maximum atomic E-state index is 12.0. The maximum Gasteiger partial charge on any atom is 0.322 e. The number of hydrazine groups is 1. The fourth-order valence-electron chi connectivity index (χ4n) is 1.88. The van der Waals surface area contributed by atoms with Gasteiger partial charge < -0.3 is 0 Å². The average molecular weight is 304 g/mol. The van der Waals surface area contributed by atoms with E-state index >= 15 is 0 Å². The Morgan fingerprint density at radius 1 is 0.857 bits per heavy atom. The first kappa shape index (κ1) is 19.3. The lowest BCUT2D eigenvalue weighted by molar-refractivity contribution is -0.930. The molecule has 0 unspecified atom stereocenters. The van der Waals surface area contributed by atoms with E-state index in [1.54, 1.807) is 47.3 Å². The first-order valence-electron chi connectivity index (χ1n) is 6.56. The topological polar surface area (TPSA) is 90.5 Å². The summed E-state index contributed by atoms with van der Waals surface area (Å²) in [6.45, 7) is 1.55. The maximum absolute atomic E-state index is 12.0. The fraction of sp³-hybridized carbons (Fsp3) is 0.750. The lowest BCUT2D eigenvalue weighted by Crippen LogP contribution is -2.64. The molecule has 0 aliphatic carbocycles. The number of amides is 3. The zero-order valence-corrected chi connectivity index (χ0v) is 14.0. The summed E-state index contributed by atoms with van der Waals surface area (Å²) in [4.78, 5) is 34.8. The lowest BCUT2D eigenvalue weighted by atomic mass is 10.5. The minimum absolute atomic E-state index is 0.0125. The summed E-state index contributed by atoms with van der Waals surface area (Å²) < 4.78 is 0.0453. The van der Waals surface area contributed by atoms with Gasteiger partial charge in [-0.15, -0.1) is 0 Å². The second kappa shape index (κ2) is 7.34. The highest BCUT2D eigenvalue weighted by Crippen LogP contribution is 1.95. The van der Waals surface area contributed by atoms with Gasteiger partial charge in [0.05, 0.1) is 28.2 Å². The quantitative estimate of drug-likeness (QED) is 0.368. The van der Waals surface area contributed by atoms with Crippen LogP contribution in [0.1, 0.15) is 6.92 Å². The number of hydrogen-bond acceptors (Lipinski definition) is 4. The van der Waals surface area contributed by atoms with Crippen molar-refractivity contribution in [1.29, 1.82) is 0 Å². The van der Waals surface area contributed by atoms with Gasteiger partial charge >= 0.3 is 5.91 Å². The van der Waals surface area contributed by atoms with E-state index in [0.29, 0.717) is 0 Å². The number of carbonyl (C=O) groups is 3. The lowest BCUT2D eigenvalue weighted by Gasteiger charge is -2.32. The number of quaternary nitrogens is 2. The van der Waals surface area contributed by atoms with Gasteiger partial charge in [0.25, 0.3) is 11.8 Å². The van der Waals surface area contributed by atoms with E-state index in [1.165, 1.54) is 6.92 Å². The first-order chi connectivity index (χ1) is 9.33. The Morgan fingerprint density at radius 3 is 1.71 bits per heavy atom. The van der Waals surface area contributed by atoms with Crippen molar-refractivity contribution >= 4 is 17.7 Å². The monoisotopic (exact) mass is 304 g/mol. The molecule has 0 bridgehead atoms. The SMILES string of the molecule is CC(=O)N[N+](C)(C)CC(=O)N[N+](C)(C)CC(=O)NN(C)C. The molecule has 0 aliphatic heterocycles. The summed E-state index contributed by atoms with van der Waals surface area (Å²) in [5.41, 5.74) is 8.00. The van der Waals surface area contributed by atoms with Crippen molar-refractivity contribution in [3.8, 4) is 0 Å². The summed E-state index contributed by atoms with van der Waals surface area (Å²) in [5, 5.41) is 1.54. The van der Waals surface area contributed by atoms with E-state index in [1.807, 2.05) is 0 Å². The molecule has 0 atom stereocenters. The third kappa shape index (κ3) is 9.77. The van der Waals surface area contributed by atoms with Gasteiger partial charge in [-0.25, -0.2) is 19.6 Å². The number of nitrogens with one attached hydrogen (secondary N) is 3. The smallest absolute Gasteiger partial charge is 0.284 e. The molecule has 0 heterocycles. The van der Waals surface area contributed by atoms with Crippen molar-refractivity contribution in [1.82, 2.24) is 21.3 Å². The van der Waals surface area contributed by atoms with E-state index in [2.05, 4.69) is 16.3 Å².